The van der Waals surface area contributed by atoms with E-state index in [1.54, 1.807) is 0 Å². The van der Waals surface area contributed by atoms with E-state index in [0.29, 0.717) is 5.82 Å². The fraction of sp³-hybridized carbons (Fsp3) is 0.722. The normalized spacial score (nSPS) is 21.0. The predicted octanol–water partition coefficient (Wildman–Crippen LogP) is 3.60. The standard InChI is InChI=1S/C18H25F3N6/c19-18(20,21)15-10-16(27-17(25-15)22-12-23-27)24-14-6-8-26(9-7-14)11-13-4-2-1-3-5-13/h10,12-14,24H,1-9,11H2. The first-order valence-corrected chi connectivity index (χ1v) is 9.76. The number of rotatable bonds is 4. The van der Waals surface area contributed by atoms with Crippen molar-refractivity contribution in [1.82, 2.24) is 24.5 Å². The Balaban J connectivity index is 1.39. The van der Waals surface area contributed by atoms with Crippen molar-refractivity contribution in [3.63, 3.8) is 0 Å². The highest BCUT2D eigenvalue weighted by molar-refractivity contribution is 5.46. The predicted molar refractivity (Wildman–Crippen MR) is 95.4 cm³/mol. The first-order chi connectivity index (χ1) is 13.0. The van der Waals surface area contributed by atoms with E-state index in [9.17, 15) is 13.2 Å². The number of hydrogen-bond acceptors (Lipinski definition) is 5. The minimum atomic E-state index is -4.51. The second-order valence-corrected chi connectivity index (χ2v) is 7.72. The molecule has 0 atom stereocenters. The third kappa shape index (κ3) is 4.34. The first-order valence-electron chi connectivity index (χ1n) is 9.76. The van der Waals surface area contributed by atoms with Crippen LogP contribution in [0.1, 0.15) is 50.6 Å². The summed E-state index contributed by atoms with van der Waals surface area (Å²) < 4.78 is 40.6. The maximum absolute atomic E-state index is 13.1. The highest BCUT2D eigenvalue weighted by Gasteiger charge is 2.34. The van der Waals surface area contributed by atoms with Gasteiger partial charge in [0.15, 0.2) is 5.69 Å². The third-order valence-corrected chi connectivity index (χ3v) is 5.72. The number of nitrogens with one attached hydrogen (secondary N) is 1. The van der Waals surface area contributed by atoms with Gasteiger partial charge in [-0.2, -0.15) is 27.8 Å². The summed E-state index contributed by atoms with van der Waals surface area (Å²) in [6.07, 6.45) is 5.26. The molecule has 0 bridgehead atoms. The maximum atomic E-state index is 13.1. The molecule has 4 rings (SSSR count). The van der Waals surface area contributed by atoms with Crippen molar-refractivity contribution < 1.29 is 13.2 Å². The fourth-order valence-corrected chi connectivity index (χ4v) is 4.26. The molecule has 3 heterocycles. The average molecular weight is 382 g/mol. The van der Waals surface area contributed by atoms with Crippen LogP contribution < -0.4 is 5.32 Å². The second-order valence-electron chi connectivity index (χ2n) is 7.72. The van der Waals surface area contributed by atoms with Crippen LogP contribution in [0, 0.1) is 5.92 Å². The van der Waals surface area contributed by atoms with Crippen molar-refractivity contribution in [2.24, 2.45) is 5.92 Å². The molecule has 2 fully saturated rings. The van der Waals surface area contributed by atoms with Crippen molar-refractivity contribution in [3.8, 4) is 0 Å². The highest BCUT2D eigenvalue weighted by Crippen LogP contribution is 2.30. The number of aromatic nitrogens is 4. The molecule has 9 heteroatoms. The Morgan fingerprint density at radius 2 is 1.81 bits per heavy atom. The Morgan fingerprint density at radius 3 is 2.52 bits per heavy atom. The Bertz CT molecular complexity index is 760. The molecule has 27 heavy (non-hydrogen) atoms. The van der Waals surface area contributed by atoms with Crippen LogP contribution in [-0.4, -0.2) is 50.2 Å². The summed E-state index contributed by atoms with van der Waals surface area (Å²) >= 11 is 0. The van der Waals surface area contributed by atoms with E-state index in [2.05, 4.69) is 25.3 Å². The number of hydrogen-bond donors (Lipinski definition) is 1. The summed E-state index contributed by atoms with van der Waals surface area (Å²) in [4.78, 5) is 9.88. The van der Waals surface area contributed by atoms with Gasteiger partial charge in [0.2, 0.25) is 0 Å². The molecule has 1 aliphatic heterocycles. The zero-order valence-corrected chi connectivity index (χ0v) is 15.3. The van der Waals surface area contributed by atoms with Gasteiger partial charge in [-0.1, -0.05) is 19.3 Å². The van der Waals surface area contributed by atoms with Crippen LogP contribution in [0.25, 0.3) is 5.78 Å². The molecule has 0 amide bonds. The Labute approximate surface area is 156 Å². The van der Waals surface area contributed by atoms with Gasteiger partial charge in [0.25, 0.3) is 5.78 Å². The molecule has 1 saturated carbocycles. The van der Waals surface area contributed by atoms with Gasteiger partial charge in [0, 0.05) is 31.7 Å². The van der Waals surface area contributed by atoms with Gasteiger partial charge >= 0.3 is 6.18 Å². The third-order valence-electron chi connectivity index (χ3n) is 5.72. The van der Waals surface area contributed by atoms with Crippen molar-refractivity contribution in [2.75, 3.05) is 25.0 Å². The van der Waals surface area contributed by atoms with Crippen LogP contribution in [0.3, 0.4) is 0 Å². The molecule has 148 valence electrons. The smallest absolute Gasteiger partial charge is 0.367 e. The van der Waals surface area contributed by atoms with Crippen LogP contribution in [0.4, 0.5) is 19.0 Å². The summed E-state index contributed by atoms with van der Waals surface area (Å²) in [5.74, 6) is 1.07. The highest BCUT2D eigenvalue weighted by atomic mass is 19.4. The second kappa shape index (κ2) is 7.61. The van der Waals surface area contributed by atoms with Gasteiger partial charge in [-0.25, -0.2) is 4.98 Å². The summed E-state index contributed by atoms with van der Waals surface area (Å²) in [5, 5.41) is 7.24. The van der Waals surface area contributed by atoms with E-state index >= 15 is 0 Å². The van der Waals surface area contributed by atoms with Gasteiger partial charge in [-0.05, 0) is 31.6 Å². The minimum absolute atomic E-state index is 0.0398. The quantitative estimate of drug-likeness (QED) is 0.876. The lowest BCUT2D eigenvalue weighted by Gasteiger charge is -2.35. The molecular formula is C18H25F3N6. The fourth-order valence-electron chi connectivity index (χ4n) is 4.26. The molecule has 6 nitrogen and oxygen atoms in total. The molecular weight excluding hydrogens is 357 g/mol. The van der Waals surface area contributed by atoms with E-state index in [0.717, 1.165) is 44.5 Å². The van der Waals surface area contributed by atoms with Gasteiger partial charge in [-0.15, -0.1) is 0 Å². The lowest BCUT2D eigenvalue weighted by Crippen LogP contribution is -2.41. The molecule has 0 spiro atoms. The molecule has 2 aromatic heterocycles. The zero-order valence-electron chi connectivity index (χ0n) is 15.3. The molecule has 1 saturated heterocycles. The average Bonchev–Trinajstić information content (AvgIpc) is 3.12. The molecule has 0 unspecified atom stereocenters. The maximum Gasteiger partial charge on any atom is 0.433 e. The summed E-state index contributed by atoms with van der Waals surface area (Å²) in [6.45, 7) is 3.12. The van der Waals surface area contributed by atoms with E-state index < -0.39 is 11.9 Å². The SMILES string of the molecule is FC(F)(F)c1cc(NC2CCN(CC3CCCCC3)CC2)n2ncnc2n1. The van der Waals surface area contributed by atoms with Crippen LogP contribution in [0.15, 0.2) is 12.4 Å². The number of nitrogens with zero attached hydrogens (tertiary/aromatic N) is 5. The monoisotopic (exact) mass is 382 g/mol. The topological polar surface area (TPSA) is 58.4 Å². The molecule has 2 aliphatic rings. The molecule has 1 aliphatic carbocycles. The molecule has 2 aromatic rings. The first kappa shape index (κ1) is 18.5. The van der Waals surface area contributed by atoms with Crippen molar-refractivity contribution in [3.05, 3.63) is 18.1 Å². The zero-order chi connectivity index (χ0) is 18.9. The lowest BCUT2D eigenvalue weighted by molar-refractivity contribution is -0.141. The van der Waals surface area contributed by atoms with Crippen LogP contribution in [0.2, 0.25) is 0 Å². The van der Waals surface area contributed by atoms with Crippen molar-refractivity contribution >= 4 is 11.6 Å². The van der Waals surface area contributed by atoms with Gasteiger partial charge < -0.3 is 10.2 Å². The van der Waals surface area contributed by atoms with Crippen LogP contribution >= 0.6 is 0 Å². The number of anilines is 1. The Morgan fingerprint density at radius 1 is 1.07 bits per heavy atom. The lowest BCUT2D eigenvalue weighted by atomic mass is 9.88. The number of alkyl halides is 3. The van der Waals surface area contributed by atoms with Crippen molar-refractivity contribution in [1.29, 1.82) is 0 Å². The summed E-state index contributed by atoms with van der Waals surface area (Å²) in [6, 6.07) is 1.15. The molecule has 0 radical (unpaired) electrons. The number of piperidine rings is 1. The van der Waals surface area contributed by atoms with Gasteiger partial charge in [0.1, 0.15) is 12.1 Å². The Hall–Kier alpha value is -1.90. The molecule has 1 N–H and O–H groups in total. The largest absolute Gasteiger partial charge is 0.433 e. The van der Waals surface area contributed by atoms with E-state index in [1.165, 1.54) is 42.9 Å². The van der Waals surface area contributed by atoms with Gasteiger partial charge in [0.05, 0.1) is 0 Å². The van der Waals surface area contributed by atoms with Crippen LogP contribution in [-0.2, 0) is 6.18 Å². The van der Waals surface area contributed by atoms with E-state index in [1.807, 2.05) is 0 Å². The minimum Gasteiger partial charge on any atom is -0.367 e. The van der Waals surface area contributed by atoms with Crippen molar-refractivity contribution in [2.45, 2.75) is 57.2 Å². The number of fused-ring (bicyclic) bond motifs is 1. The van der Waals surface area contributed by atoms with E-state index in [4.69, 9.17) is 0 Å². The number of halogens is 3. The van der Waals surface area contributed by atoms with Crippen LogP contribution in [0.5, 0.6) is 0 Å². The molecule has 0 aromatic carbocycles. The van der Waals surface area contributed by atoms with Gasteiger partial charge in [-0.3, -0.25) is 0 Å². The number of likely N-dealkylation sites (tertiary alicyclic amines) is 1. The Kier molecular flexibility index (Phi) is 5.21. The summed E-state index contributed by atoms with van der Waals surface area (Å²) in [7, 11) is 0. The van der Waals surface area contributed by atoms with E-state index in [-0.39, 0.29) is 11.8 Å². The summed E-state index contributed by atoms with van der Waals surface area (Å²) in [5.41, 5.74) is -0.944.